The fourth-order valence-corrected chi connectivity index (χ4v) is 2.85. The van der Waals surface area contributed by atoms with Crippen molar-refractivity contribution >= 4 is 10.9 Å². The normalized spacial score (nSPS) is 17.9. The summed E-state index contributed by atoms with van der Waals surface area (Å²) in [4.78, 5) is 0. The van der Waals surface area contributed by atoms with E-state index in [2.05, 4.69) is 0 Å². The number of methoxy groups -OCH3 is 1. The predicted molar refractivity (Wildman–Crippen MR) is 76.1 cm³/mol. The molecule has 1 N–H and O–H groups in total. The Bertz CT molecular complexity index is 673. The van der Waals surface area contributed by atoms with Gasteiger partial charge in [0.15, 0.2) is 0 Å². The second kappa shape index (κ2) is 4.35. The van der Waals surface area contributed by atoms with Crippen LogP contribution in [0.4, 0.5) is 0 Å². The van der Waals surface area contributed by atoms with E-state index in [1.54, 1.807) is 21.0 Å². The molecule has 3 rings (SSSR count). The molecule has 0 spiro atoms. The van der Waals surface area contributed by atoms with Gasteiger partial charge in [0.2, 0.25) is 5.52 Å². The van der Waals surface area contributed by atoms with Crippen LogP contribution in [0.2, 0.25) is 0 Å². The molecule has 1 aliphatic heterocycles. The van der Waals surface area contributed by atoms with Crippen LogP contribution in [0.25, 0.3) is 10.9 Å². The van der Waals surface area contributed by atoms with E-state index >= 15 is 0 Å². The number of nitrogens with zero attached hydrogens (tertiary/aromatic N) is 1. The van der Waals surface area contributed by atoms with Gasteiger partial charge in [-0.25, -0.2) is 0 Å². The van der Waals surface area contributed by atoms with Gasteiger partial charge in [0.1, 0.15) is 24.5 Å². The van der Waals surface area contributed by atoms with Crippen molar-refractivity contribution in [3.05, 3.63) is 29.8 Å². The fraction of sp³-hybridized carbons (Fsp3) is 0.438. The van der Waals surface area contributed by atoms with Crippen molar-refractivity contribution in [3.8, 4) is 11.6 Å². The maximum absolute atomic E-state index is 10.2. The van der Waals surface area contributed by atoms with Crippen molar-refractivity contribution in [2.75, 3.05) is 7.11 Å². The summed E-state index contributed by atoms with van der Waals surface area (Å²) in [7, 11) is 3.66. The minimum Gasteiger partial charge on any atom is -0.495 e. The molecular formula is C16H20NO3+. The topological polar surface area (TPSA) is 42.6 Å². The third-order valence-electron chi connectivity index (χ3n) is 3.98. The minimum absolute atomic E-state index is 0.255. The summed E-state index contributed by atoms with van der Waals surface area (Å²) in [5, 5.41) is 11.3. The van der Waals surface area contributed by atoms with Crippen LogP contribution in [0.3, 0.4) is 0 Å². The van der Waals surface area contributed by atoms with Crippen LogP contribution < -0.4 is 14.0 Å². The molecule has 0 saturated carbocycles. The number of aromatic nitrogens is 1. The van der Waals surface area contributed by atoms with Gasteiger partial charge in [-0.3, -0.25) is 0 Å². The number of benzene rings is 1. The first-order chi connectivity index (χ1) is 9.43. The molecule has 0 saturated heterocycles. The smallest absolute Gasteiger partial charge is 0.375 e. The van der Waals surface area contributed by atoms with E-state index in [9.17, 15) is 5.11 Å². The van der Waals surface area contributed by atoms with E-state index in [0.717, 1.165) is 28.1 Å². The largest absolute Gasteiger partial charge is 0.495 e. The van der Waals surface area contributed by atoms with Crippen molar-refractivity contribution in [3.63, 3.8) is 0 Å². The molecule has 0 bridgehead atoms. The number of hydrogen-bond acceptors (Lipinski definition) is 3. The van der Waals surface area contributed by atoms with E-state index in [4.69, 9.17) is 9.47 Å². The SMILES string of the molecule is COc1c2c([n+](C)c3ccccc13)OC(C(C)(C)O)C2. The molecule has 20 heavy (non-hydrogen) atoms. The number of aliphatic hydroxyl groups is 1. The molecule has 0 fully saturated rings. The van der Waals surface area contributed by atoms with Crippen LogP contribution in [-0.2, 0) is 13.5 Å². The molecular weight excluding hydrogens is 254 g/mol. The van der Waals surface area contributed by atoms with Crippen molar-refractivity contribution in [1.82, 2.24) is 0 Å². The molecule has 1 aromatic heterocycles. The van der Waals surface area contributed by atoms with Gasteiger partial charge in [0.25, 0.3) is 0 Å². The fourth-order valence-electron chi connectivity index (χ4n) is 2.85. The van der Waals surface area contributed by atoms with Gasteiger partial charge < -0.3 is 14.6 Å². The highest BCUT2D eigenvalue weighted by Crippen LogP contribution is 2.40. The molecule has 106 valence electrons. The van der Waals surface area contributed by atoms with Crippen LogP contribution in [-0.4, -0.2) is 23.9 Å². The standard InChI is InChI=1S/C16H20NO3/c1-16(2,18)13-9-11-14(19-4)10-7-5-6-8-12(10)17(3)15(11)20-13/h5-8,13,18H,9H2,1-4H3/q+1. The Balaban J connectivity index is 2.25. The second-order valence-electron chi connectivity index (χ2n) is 5.86. The number of fused-ring (bicyclic) bond motifs is 2. The van der Waals surface area contributed by atoms with Gasteiger partial charge in [-0.1, -0.05) is 12.1 Å². The Labute approximate surface area is 118 Å². The van der Waals surface area contributed by atoms with Gasteiger partial charge >= 0.3 is 5.88 Å². The van der Waals surface area contributed by atoms with E-state index in [1.165, 1.54) is 0 Å². The molecule has 0 amide bonds. The molecule has 4 nitrogen and oxygen atoms in total. The van der Waals surface area contributed by atoms with Crippen molar-refractivity contribution in [1.29, 1.82) is 0 Å². The quantitative estimate of drug-likeness (QED) is 0.848. The van der Waals surface area contributed by atoms with Crippen molar-refractivity contribution in [2.45, 2.75) is 32.0 Å². The zero-order valence-corrected chi connectivity index (χ0v) is 12.3. The molecule has 1 aliphatic rings. The highest BCUT2D eigenvalue weighted by atomic mass is 16.5. The molecule has 1 aromatic carbocycles. The lowest BCUT2D eigenvalue weighted by Gasteiger charge is -2.23. The number of aryl methyl sites for hydroxylation is 1. The number of para-hydroxylation sites is 1. The van der Waals surface area contributed by atoms with Gasteiger partial charge in [0, 0.05) is 12.5 Å². The minimum atomic E-state index is -0.886. The maximum Gasteiger partial charge on any atom is 0.375 e. The lowest BCUT2D eigenvalue weighted by Crippen LogP contribution is -2.41. The van der Waals surface area contributed by atoms with Crippen LogP contribution in [0, 0.1) is 0 Å². The Kier molecular flexibility index (Phi) is 2.87. The van der Waals surface area contributed by atoms with E-state index in [-0.39, 0.29) is 6.10 Å². The summed E-state index contributed by atoms with van der Waals surface area (Å²) in [6.07, 6.45) is 0.398. The van der Waals surface area contributed by atoms with E-state index < -0.39 is 5.60 Å². The zero-order valence-electron chi connectivity index (χ0n) is 12.3. The Morgan fingerprint density at radius 2 is 2.05 bits per heavy atom. The van der Waals surface area contributed by atoms with Gasteiger partial charge in [0.05, 0.1) is 18.1 Å². The molecule has 2 aromatic rings. The lowest BCUT2D eigenvalue weighted by molar-refractivity contribution is -0.651. The first-order valence-electron chi connectivity index (χ1n) is 6.80. The van der Waals surface area contributed by atoms with E-state index in [0.29, 0.717) is 6.42 Å². The number of hydrogen-bond donors (Lipinski definition) is 1. The average molecular weight is 274 g/mol. The van der Waals surface area contributed by atoms with Crippen molar-refractivity contribution in [2.24, 2.45) is 7.05 Å². The summed E-state index contributed by atoms with van der Waals surface area (Å²) in [5.74, 6) is 1.63. The molecule has 0 aliphatic carbocycles. The summed E-state index contributed by atoms with van der Waals surface area (Å²) >= 11 is 0. The summed E-state index contributed by atoms with van der Waals surface area (Å²) < 4.78 is 13.6. The molecule has 2 heterocycles. The van der Waals surface area contributed by atoms with Crippen LogP contribution in [0.1, 0.15) is 19.4 Å². The molecule has 1 unspecified atom stereocenters. The third kappa shape index (κ3) is 1.83. The summed E-state index contributed by atoms with van der Waals surface area (Å²) in [6, 6.07) is 8.09. The highest BCUT2D eigenvalue weighted by molar-refractivity contribution is 5.84. The second-order valence-corrected chi connectivity index (χ2v) is 5.86. The lowest BCUT2D eigenvalue weighted by atomic mass is 9.96. The first-order valence-corrected chi connectivity index (χ1v) is 6.80. The van der Waals surface area contributed by atoms with Gasteiger partial charge in [-0.05, 0) is 19.9 Å². The van der Waals surface area contributed by atoms with E-state index in [1.807, 2.05) is 35.9 Å². The van der Waals surface area contributed by atoms with Crippen LogP contribution in [0.5, 0.6) is 11.6 Å². The Hall–Kier alpha value is -1.81. The van der Waals surface area contributed by atoms with Gasteiger partial charge in [-0.15, -0.1) is 0 Å². The zero-order chi connectivity index (χ0) is 14.5. The van der Waals surface area contributed by atoms with Gasteiger partial charge in [-0.2, -0.15) is 4.57 Å². The first kappa shape index (κ1) is 13.2. The Morgan fingerprint density at radius 3 is 2.70 bits per heavy atom. The number of rotatable bonds is 2. The number of pyridine rings is 1. The highest BCUT2D eigenvalue weighted by Gasteiger charge is 2.42. The van der Waals surface area contributed by atoms with Crippen molar-refractivity contribution < 1.29 is 19.1 Å². The summed E-state index contributed by atoms with van der Waals surface area (Å²) in [6.45, 7) is 3.55. The van der Waals surface area contributed by atoms with Crippen LogP contribution in [0.15, 0.2) is 24.3 Å². The Morgan fingerprint density at radius 1 is 1.35 bits per heavy atom. The summed E-state index contributed by atoms with van der Waals surface area (Å²) in [5.41, 5.74) is 1.20. The molecule has 4 heteroatoms. The number of ether oxygens (including phenoxy) is 2. The monoisotopic (exact) mass is 274 g/mol. The molecule has 0 radical (unpaired) electrons. The third-order valence-corrected chi connectivity index (χ3v) is 3.98. The molecule has 1 atom stereocenters. The van der Waals surface area contributed by atoms with Crippen LogP contribution >= 0.6 is 0 Å². The predicted octanol–water partition coefficient (Wildman–Crippen LogP) is 1.75. The maximum atomic E-state index is 10.2. The average Bonchev–Trinajstić information content (AvgIpc) is 2.85.